The van der Waals surface area contributed by atoms with Gasteiger partial charge in [0.05, 0.1) is 0 Å². The Morgan fingerprint density at radius 2 is 1.89 bits per heavy atom. The average molecular weight is 264 g/mol. The molecule has 1 aliphatic carbocycles. The fourth-order valence-electron chi connectivity index (χ4n) is 3.27. The van der Waals surface area contributed by atoms with Crippen LogP contribution in [-0.2, 0) is 6.54 Å². The minimum Gasteiger partial charge on any atom is -0.330 e. The van der Waals surface area contributed by atoms with E-state index >= 15 is 0 Å². The second-order valence-corrected chi connectivity index (χ2v) is 6.03. The zero-order valence-corrected chi connectivity index (χ0v) is 11.9. The van der Waals surface area contributed by atoms with Crippen LogP contribution in [0.2, 0.25) is 0 Å². The molecule has 1 aromatic carbocycles. The van der Waals surface area contributed by atoms with Gasteiger partial charge in [-0.15, -0.1) is 0 Å². The Balaban J connectivity index is 1.96. The molecule has 0 heterocycles. The van der Waals surface area contributed by atoms with Crippen molar-refractivity contribution in [1.82, 2.24) is 4.90 Å². The van der Waals surface area contributed by atoms with Gasteiger partial charge in [-0.05, 0) is 37.9 Å². The van der Waals surface area contributed by atoms with E-state index in [-0.39, 0.29) is 11.2 Å². The number of benzene rings is 1. The van der Waals surface area contributed by atoms with Crippen LogP contribution in [0.15, 0.2) is 24.3 Å². The molecule has 1 fully saturated rings. The summed E-state index contributed by atoms with van der Waals surface area (Å²) in [7, 11) is 2.07. The summed E-state index contributed by atoms with van der Waals surface area (Å²) < 4.78 is 13.7. The van der Waals surface area contributed by atoms with Crippen molar-refractivity contribution < 1.29 is 4.39 Å². The summed E-state index contributed by atoms with van der Waals surface area (Å²) in [4.78, 5) is 2.22. The molecule has 1 saturated carbocycles. The van der Waals surface area contributed by atoms with Gasteiger partial charge in [0.2, 0.25) is 0 Å². The molecular weight excluding hydrogens is 239 g/mol. The first-order valence-corrected chi connectivity index (χ1v) is 7.27. The Morgan fingerprint density at radius 3 is 2.53 bits per heavy atom. The van der Waals surface area contributed by atoms with Crippen LogP contribution in [0.1, 0.15) is 37.7 Å². The van der Waals surface area contributed by atoms with Crippen molar-refractivity contribution >= 4 is 0 Å². The van der Waals surface area contributed by atoms with Crippen molar-refractivity contribution in [2.45, 2.75) is 38.6 Å². The Hall–Kier alpha value is -0.930. The number of hydrogen-bond acceptors (Lipinski definition) is 2. The largest absolute Gasteiger partial charge is 0.330 e. The van der Waals surface area contributed by atoms with Gasteiger partial charge in [0, 0.05) is 18.7 Å². The fraction of sp³-hybridized carbons (Fsp3) is 0.625. The smallest absolute Gasteiger partial charge is 0.127 e. The molecule has 0 bridgehead atoms. The van der Waals surface area contributed by atoms with Gasteiger partial charge in [-0.25, -0.2) is 4.39 Å². The van der Waals surface area contributed by atoms with Crippen molar-refractivity contribution in [3.63, 3.8) is 0 Å². The molecule has 0 unspecified atom stereocenters. The quantitative estimate of drug-likeness (QED) is 0.885. The van der Waals surface area contributed by atoms with Crippen LogP contribution in [-0.4, -0.2) is 25.0 Å². The van der Waals surface area contributed by atoms with E-state index in [1.807, 2.05) is 12.1 Å². The Bertz CT molecular complexity index is 399. The monoisotopic (exact) mass is 264 g/mol. The predicted octanol–water partition coefficient (Wildman–Crippen LogP) is 3.17. The first-order valence-electron chi connectivity index (χ1n) is 7.27. The zero-order valence-electron chi connectivity index (χ0n) is 11.9. The van der Waals surface area contributed by atoms with Gasteiger partial charge in [-0.1, -0.05) is 37.5 Å². The van der Waals surface area contributed by atoms with Crippen LogP contribution < -0.4 is 5.73 Å². The van der Waals surface area contributed by atoms with Gasteiger partial charge in [0.25, 0.3) is 0 Å². The van der Waals surface area contributed by atoms with Gasteiger partial charge in [-0.2, -0.15) is 0 Å². The molecule has 0 amide bonds. The SMILES string of the molecule is CN(Cc1ccccc1F)CC1(CN)CCCCC1. The molecule has 3 heteroatoms. The Labute approximate surface area is 115 Å². The minimum atomic E-state index is -0.111. The summed E-state index contributed by atoms with van der Waals surface area (Å²) in [6, 6.07) is 7.03. The molecule has 0 aromatic heterocycles. The van der Waals surface area contributed by atoms with E-state index in [0.29, 0.717) is 6.54 Å². The maximum absolute atomic E-state index is 13.7. The second kappa shape index (κ2) is 6.49. The van der Waals surface area contributed by atoms with E-state index < -0.39 is 0 Å². The van der Waals surface area contributed by atoms with Crippen LogP contribution in [0.25, 0.3) is 0 Å². The molecule has 0 aliphatic heterocycles. The van der Waals surface area contributed by atoms with Gasteiger partial charge in [-0.3, -0.25) is 0 Å². The molecule has 0 saturated heterocycles. The molecule has 106 valence electrons. The molecule has 19 heavy (non-hydrogen) atoms. The molecule has 0 radical (unpaired) electrons. The number of halogens is 1. The Kier molecular flexibility index (Phi) is 4.94. The number of nitrogens with two attached hydrogens (primary N) is 1. The first-order chi connectivity index (χ1) is 9.15. The minimum absolute atomic E-state index is 0.111. The van der Waals surface area contributed by atoms with Gasteiger partial charge in [0.15, 0.2) is 0 Å². The van der Waals surface area contributed by atoms with Gasteiger partial charge in [0.1, 0.15) is 5.82 Å². The molecule has 2 nitrogen and oxygen atoms in total. The van der Waals surface area contributed by atoms with E-state index in [4.69, 9.17) is 5.73 Å². The Morgan fingerprint density at radius 1 is 1.21 bits per heavy atom. The molecule has 1 aromatic rings. The number of nitrogens with zero attached hydrogens (tertiary/aromatic N) is 1. The lowest BCUT2D eigenvalue weighted by atomic mass is 9.73. The molecule has 2 N–H and O–H groups in total. The molecular formula is C16H25FN2. The zero-order chi connectivity index (χ0) is 13.7. The number of hydrogen-bond donors (Lipinski definition) is 1. The third-order valence-electron chi connectivity index (χ3n) is 4.35. The second-order valence-electron chi connectivity index (χ2n) is 6.03. The average Bonchev–Trinajstić information content (AvgIpc) is 2.42. The first kappa shape index (κ1) is 14.5. The normalized spacial score (nSPS) is 18.7. The van der Waals surface area contributed by atoms with E-state index in [0.717, 1.165) is 18.7 Å². The molecule has 2 rings (SSSR count). The summed E-state index contributed by atoms with van der Waals surface area (Å²) in [6.45, 7) is 2.38. The highest BCUT2D eigenvalue weighted by atomic mass is 19.1. The van der Waals surface area contributed by atoms with Gasteiger partial charge >= 0.3 is 0 Å². The highest BCUT2D eigenvalue weighted by Gasteiger charge is 2.31. The van der Waals surface area contributed by atoms with E-state index in [1.165, 1.54) is 38.2 Å². The van der Waals surface area contributed by atoms with Crippen LogP contribution >= 0.6 is 0 Å². The standard InChI is InChI=1S/C16H25FN2/c1-19(11-14-7-3-4-8-15(14)17)13-16(12-18)9-5-2-6-10-16/h3-4,7-8H,2,5-6,9-13,18H2,1H3. The predicted molar refractivity (Wildman–Crippen MR) is 77.3 cm³/mol. The van der Waals surface area contributed by atoms with Crippen LogP contribution in [0.4, 0.5) is 4.39 Å². The fourth-order valence-corrected chi connectivity index (χ4v) is 3.27. The lowest BCUT2D eigenvalue weighted by Gasteiger charge is -2.39. The van der Waals surface area contributed by atoms with Crippen molar-refractivity contribution in [1.29, 1.82) is 0 Å². The molecule has 0 spiro atoms. The maximum Gasteiger partial charge on any atom is 0.127 e. The van der Waals surface area contributed by atoms with Crippen LogP contribution in [0.3, 0.4) is 0 Å². The van der Waals surface area contributed by atoms with Crippen LogP contribution in [0.5, 0.6) is 0 Å². The lowest BCUT2D eigenvalue weighted by Crippen LogP contribution is -2.42. The van der Waals surface area contributed by atoms with Crippen molar-refractivity contribution in [3.8, 4) is 0 Å². The van der Waals surface area contributed by atoms with Crippen LogP contribution in [0, 0.1) is 11.2 Å². The highest BCUT2D eigenvalue weighted by Crippen LogP contribution is 2.36. The summed E-state index contributed by atoms with van der Waals surface area (Å²) in [5.41, 5.74) is 7.03. The van der Waals surface area contributed by atoms with Crippen molar-refractivity contribution in [3.05, 3.63) is 35.6 Å². The van der Waals surface area contributed by atoms with Gasteiger partial charge < -0.3 is 10.6 Å². The summed E-state index contributed by atoms with van der Waals surface area (Å²) in [6.07, 6.45) is 6.32. The molecule has 0 atom stereocenters. The maximum atomic E-state index is 13.7. The summed E-state index contributed by atoms with van der Waals surface area (Å²) in [5.74, 6) is -0.111. The topological polar surface area (TPSA) is 29.3 Å². The molecule has 1 aliphatic rings. The highest BCUT2D eigenvalue weighted by molar-refractivity contribution is 5.17. The van der Waals surface area contributed by atoms with E-state index in [1.54, 1.807) is 6.07 Å². The lowest BCUT2D eigenvalue weighted by molar-refractivity contribution is 0.123. The third-order valence-corrected chi connectivity index (χ3v) is 4.35. The summed E-state index contributed by atoms with van der Waals surface area (Å²) >= 11 is 0. The third kappa shape index (κ3) is 3.77. The van der Waals surface area contributed by atoms with Crippen molar-refractivity contribution in [2.24, 2.45) is 11.1 Å². The number of rotatable bonds is 5. The van der Waals surface area contributed by atoms with E-state index in [2.05, 4.69) is 11.9 Å². The van der Waals surface area contributed by atoms with E-state index in [9.17, 15) is 4.39 Å². The summed E-state index contributed by atoms with van der Waals surface area (Å²) in [5, 5.41) is 0. The van der Waals surface area contributed by atoms with Crippen molar-refractivity contribution in [2.75, 3.05) is 20.1 Å².